The van der Waals surface area contributed by atoms with Crippen LogP contribution in [0.4, 0.5) is 5.69 Å². The number of nitrogens with zero attached hydrogens (tertiary/aromatic N) is 1. The Morgan fingerprint density at radius 2 is 1.93 bits per heavy atom. The molecule has 150 valence electrons. The quantitative estimate of drug-likeness (QED) is 0.818. The fraction of sp³-hybridized carbons (Fsp3) is 0.350. The summed E-state index contributed by atoms with van der Waals surface area (Å²) in [6.45, 7) is 4.03. The highest BCUT2D eigenvalue weighted by Gasteiger charge is 2.31. The molecule has 1 aliphatic rings. The van der Waals surface area contributed by atoms with E-state index in [1.165, 1.54) is 10.4 Å². The minimum atomic E-state index is -3.54. The third-order valence-corrected chi connectivity index (χ3v) is 6.10. The highest BCUT2D eigenvalue weighted by atomic mass is 35.5. The van der Waals surface area contributed by atoms with E-state index in [1.807, 2.05) is 38.1 Å². The first-order chi connectivity index (χ1) is 13.1. The monoisotopic (exact) mass is 422 g/mol. The summed E-state index contributed by atoms with van der Waals surface area (Å²) in [7, 11) is -3.54. The molecule has 2 unspecified atom stereocenters. The molecule has 0 radical (unpaired) electrons. The van der Waals surface area contributed by atoms with Crippen molar-refractivity contribution in [3.8, 4) is 5.75 Å². The number of carbonyl (C=O) groups is 1. The van der Waals surface area contributed by atoms with E-state index in [1.54, 1.807) is 12.1 Å². The molecule has 0 aliphatic carbocycles. The van der Waals surface area contributed by atoms with Crippen molar-refractivity contribution in [3.05, 3.63) is 58.6 Å². The van der Waals surface area contributed by atoms with E-state index < -0.39 is 16.1 Å². The molecule has 2 aromatic carbocycles. The van der Waals surface area contributed by atoms with Gasteiger partial charge in [0.15, 0.2) is 6.10 Å². The van der Waals surface area contributed by atoms with Gasteiger partial charge >= 0.3 is 0 Å². The first kappa shape index (κ1) is 20.5. The lowest BCUT2D eigenvalue weighted by Gasteiger charge is -2.21. The first-order valence-corrected chi connectivity index (χ1v) is 11.2. The van der Waals surface area contributed by atoms with Crippen LogP contribution in [0.15, 0.2) is 42.5 Å². The van der Waals surface area contributed by atoms with Gasteiger partial charge in [0, 0.05) is 18.0 Å². The lowest BCUT2D eigenvalue weighted by molar-refractivity contribution is -0.128. The van der Waals surface area contributed by atoms with Crippen LogP contribution in [0.3, 0.4) is 0 Å². The van der Waals surface area contributed by atoms with Crippen molar-refractivity contribution in [2.75, 3.05) is 17.1 Å². The molecule has 1 heterocycles. The highest BCUT2D eigenvalue weighted by molar-refractivity contribution is 7.92. The van der Waals surface area contributed by atoms with Crippen molar-refractivity contribution in [2.24, 2.45) is 0 Å². The number of anilines is 1. The van der Waals surface area contributed by atoms with Gasteiger partial charge in [-0.05, 0) is 37.6 Å². The molecule has 3 rings (SSSR count). The Kier molecular flexibility index (Phi) is 5.86. The summed E-state index contributed by atoms with van der Waals surface area (Å²) in [5.41, 5.74) is 2.47. The molecule has 2 aromatic rings. The number of rotatable bonds is 4. The Bertz CT molecular complexity index is 976. The Morgan fingerprint density at radius 3 is 2.57 bits per heavy atom. The van der Waals surface area contributed by atoms with E-state index in [4.69, 9.17) is 16.3 Å². The highest BCUT2D eigenvalue weighted by Crippen LogP contribution is 2.36. The average molecular weight is 423 g/mol. The van der Waals surface area contributed by atoms with E-state index >= 15 is 0 Å². The van der Waals surface area contributed by atoms with Crippen LogP contribution in [0.5, 0.6) is 5.75 Å². The maximum atomic E-state index is 12.8. The van der Waals surface area contributed by atoms with E-state index in [0.717, 1.165) is 17.4 Å². The van der Waals surface area contributed by atoms with Crippen LogP contribution in [0.1, 0.15) is 30.5 Å². The van der Waals surface area contributed by atoms with Gasteiger partial charge in [0.1, 0.15) is 5.75 Å². The lowest BCUT2D eigenvalue weighted by atomic mass is 10.1. The molecule has 0 spiro atoms. The van der Waals surface area contributed by atoms with E-state index in [2.05, 4.69) is 5.32 Å². The number of fused-ring (bicyclic) bond motifs is 1. The second-order valence-electron chi connectivity index (χ2n) is 6.98. The summed E-state index contributed by atoms with van der Waals surface area (Å²) < 4.78 is 31.5. The predicted octanol–water partition coefficient (Wildman–Crippen LogP) is 3.44. The molecule has 28 heavy (non-hydrogen) atoms. The minimum Gasteiger partial charge on any atom is -0.478 e. The van der Waals surface area contributed by atoms with Gasteiger partial charge in [-0.1, -0.05) is 41.4 Å². The number of halogens is 1. The molecule has 0 bridgehead atoms. The number of sulfonamides is 1. The van der Waals surface area contributed by atoms with Crippen molar-refractivity contribution in [1.29, 1.82) is 0 Å². The number of carbonyl (C=O) groups excluding carboxylic acids is 1. The Labute approximate surface area is 170 Å². The van der Waals surface area contributed by atoms with Gasteiger partial charge in [0.2, 0.25) is 10.0 Å². The fourth-order valence-corrected chi connectivity index (χ4v) is 4.23. The summed E-state index contributed by atoms with van der Waals surface area (Å²) >= 11 is 6.04. The first-order valence-electron chi connectivity index (χ1n) is 8.96. The third-order valence-electron chi connectivity index (χ3n) is 4.68. The smallest absolute Gasteiger partial charge is 0.261 e. The number of aryl methyl sites for hydroxylation is 1. The Balaban J connectivity index is 1.81. The number of nitrogens with one attached hydrogen (secondary N) is 1. The van der Waals surface area contributed by atoms with Crippen molar-refractivity contribution < 1.29 is 17.9 Å². The standard InChI is InChI=1S/C20H23ClN2O4S/c1-13-4-6-15(7-5-13)14(2)22-20(24)19-10-11-23(28(3,25)26)17-12-16(21)8-9-18(17)27-19/h4-9,12,14,19H,10-11H2,1-3H3,(H,22,24). The van der Waals surface area contributed by atoms with Gasteiger partial charge in [-0.15, -0.1) is 0 Å². The zero-order chi connectivity index (χ0) is 20.5. The van der Waals surface area contributed by atoms with Crippen LogP contribution in [0.25, 0.3) is 0 Å². The Hall–Kier alpha value is -2.25. The zero-order valence-electron chi connectivity index (χ0n) is 16.0. The van der Waals surface area contributed by atoms with E-state index in [-0.39, 0.29) is 24.9 Å². The molecule has 1 N–H and O–H groups in total. The molecule has 0 saturated heterocycles. The van der Waals surface area contributed by atoms with Crippen LogP contribution >= 0.6 is 11.6 Å². The van der Waals surface area contributed by atoms with Crippen molar-refractivity contribution in [1.82, 2.24) is 5.32 Å². The zero-order valence-corrected chi connectivity index (χ0v) is 17.5. The van der Waals surface area contributed by atoms with E-state index in [0.29, 0.717) is 16.5 Å². The van der Waals surface area contributed by atoms with E-state index in [9.17, 15) is 13.2 Å². The summed E-state index contributed by atoms with van der Waals surface area (Å²) in [6, 6.07) is 12.5. The topological polar surface area (TPSA) is 75.7 Å². The largest absolute Gasteiger partial charge is 0.478 e. The molecule has 1 amide bonds. The number of hydrogen-bond acceptors (Lipinski definition) is 4. The van der Waals surface area contributed by atoms with Crippen molar-refractivity contribution >= 4 is 33.2 Å². The maximum Gasteiger partial charge on any atom is 0.261 e. The van der Waals surface area contributed by atoms with Gasteiger partial charge in [-0.2, -0.15) is 0 Å². The van der Waals surface area contributed by atoms with Crippen LogP contribution in [-0.2, 0) is 14.8 Å². The number of ether oxygens (including phenoxy) is 1. The fourth-order valence-electron chi connectivity index (χ4n) is 3.13. The second-order valence-corrected chi connectivity index (χ2v) is 9.33. The molecule has 0 aromatic heterocycles. The molecular formula is C20H23ClN2O4S. The lowest BCUT2D eigenvalue weighted by Crippen LogP contribution is -2.40. The van der Waals surface area contributed by atoms with Crippen LogP contribution < -0.4 is 14.4 Å². The Morgan fingerprint density at radius 1 is 1.25 bits per heavy atom. The summed E-state index contributed by atoms with van der Waals surface area (Å²) in [5.74, 6) is 0.0276. The van der Waals surface area contributed by atoms with Crippen molar-refractivity contribution in [3.63, 3.8) is 0 Å². The number of hydrogen-bond donors (Lipinski definition) is 1. The van der Waals surface area contributed by atoms with Crippen LogP contribution in [-0.4, -0.2) is 33.2 Å². The molecular weight excluding hydrogens is 400 g/mol. The minimum absolute atomic E-state index is 0.128. The number of amides is 1. The molecule has 0 saturated carbocycles. The third kappa shape index (κ3) is 4.59. The SMILES string of the molecule is Cc1ccc(C(C)NC(=O)C2CCN(S(C)(=O)=O)c3cc(Cl)ccc3O2)cc1. The summed E-state index contributed by atoms with van der Waals surface area (Å²) in [5, 5.41) is 3.35. The summed E-state index contributed by atoms with van der Waals surface area (Å²) in [6.07, 6.45) is 0.545. The van der Waals surface area contributed by atoms with Gasteiger partial charge in [-0.3, -0.25) is 9.10 Å². The van der Waals surface area contributed by atoms with Crippen molar-refractivity contribution in [2.45, 2.75) is 32.4 Å². The normalized spacial score (nSPS) is 17.9. The van der Waals surface area contributed by atoms with Gasteiger partial charge < -0.3 is 10.1 Å². The summed E-state index contributed by atoms with van der Waals surface area (Å²) in [4.78, 5) is 12.8. The number of benzene rings is 2. The van der Waals surface area contributed by atoms with Gasteiger partial charge in [0.25, 0.3) is 5.91 Å². The second kappa shape index (κ2) is 8.01. The van der Waals surface area contributed by atoms with Gasteiger partial charge in [0.05, 0.1) is 18.0 Å². The van der Waals surface area contributed by atoms with Crippen LogP contribution in [0, 0.1) is 6.92 Å². The van der Waals surface area contributed by atoms with Gasteiger partial charge in [-0.25, -0.2) is 8.42 Å². The van der Waals surface area contributed by atoms with Crippen LogP contribution in [0.2, 0.25) is 5.02 Å². The molecule has 8 heteroatoms. The predicted molar refractivity (Wildman–Crippen MR) is 110 cm³/mol. The average Bonchev–Trinajstić information content (AvgIpc) is 2.81. The molecule has 1 aliphatic heterocycles. The maximum absolute atomic E-state index is 12.8. The molecule has 0 fully saturated rings. The molecule has 2 atom stereocenters. The molecule has 6 nitrogen and oxygen atoms in total.